The van der Waals surface area contributed by atoms with Crippen molar-refractivity contribution in [2.45, 2.75) is 24.7 Å². The molecule has 0 N–H and O–H groups in total. The maximum Gasteiger partial charge on any atom is 0.0883 e. The summed E-state index contributed by atoms with van der Waals surface area (Å²) in [6.45, 7) is 0. The van der Waals surface area contributed by atoms with Crippen LogP contribution in [0.1, 0.15) is 23.2 Å². The highest BCUT2D eigenvalue weighted by molar-refractivity contribution is 7.07. The average Bonchev–Trinajstić information content (AvgIpc) is 2.99. The number of nitrogens with zero attached hydrogens (tertiary/aromatic N) is 2. The van der Waals surface area contributed by atoms with Crippen molar-refractivity contribution < 1.29 is 0 Å². The van der Waals surface area contributed by atoms with Gasteiger partial charge in [0.05, 0.1) is 22.7 Å². The smallest absolute Gasteiger partial charge is 0.0883 e. The van der Waals surface area contributed by atoms with E-state index in [9.17, 15) is 5.26 Å². The highest BCUT2D eigenvalue weighted by Crippen LogP contribution is 2.40. The normalized spacial score (nSPS) is 22.1. The van der Waals surface area contributed by atoms with Gasteiger partial charge in [0, 0.05) is 11.8 Å². The van der Waals surface area contributed by atoms with Crippen LogP contribution >= 0.6 is 11.3 Å². The molecule has 1 atom stereocenters. The summed E-state index contributed by atoms with van der Waals surface area (Å²) in [6.07, 6.45) is 2.66. The van der Waals surface area contributed by atoms with Gasteiger partial charge in [-0.25, -0.2) is 4.98 Å². The van der Waals surface area contributed by atoms with Crippen LogP contribution in [0.15, 0.2) is 35.2 Å². The zero-order chi connectivity index (χ0) is 11.7. The Hall–Kier alpha value is -1.66. The van der Waals surface area contributed by atoms with E-state index in [2.05, 4.69) is 29.3 Å². The SMILES string of the molecule is N#CC1(Cc2cscn2)CCc2ccccc21. The van der Waals surface area contributed by atoms with E-state index in [4.69, 9.17) is 0 Å². The van der Waals surface area contributed by atoms with Crippen LogP contribution in [-0.4, -0.2) is 4.98 Å². The number of benzene rings is 1. The summed E-state index contributed by atoms with van der Waals surface area (Å²) in [5.74, 6) is 0. The summed E-state index contributed by atoms with van der Waals surface area (Å²) < 4.78 is 0. The van der Waals surface area contributed by atoms with E-state index in [1.807, 2.05) is 17.0 Å². The van der Waals surface area contributed by atoms with Crippen molar-refractivity contribution in [1.82, 2.24) is 4.98 Å². The third kappa shape index (κ3) is 1.65. The summed E-state index contributed by atoms with van der Waals surface area (Å²) >= 11 is 1.59. The molecule has 1 heterocycles. The quantitative estimate of drug-likeness (QED) is 0.808. The number of rotatable bonds is 2. The number of aromatic nitrogens is 1. The highest BCUT2D eigenvalue weighted by atomic mass is 32.1. The highest BCUT2D eigenvalue weighted by Gasteiger charge is 2.39. The first-order valence-electron chi connectivity index (χ1n) is 5.71. The van der Waals surface area contributed by atoms with Crippen LogP contribution in [0.25, 0.3) is 0 Å². The van der Waals surface area contributed by atoms with Gasteiger partial charge in [-0.3, -0.25) is 0 Å². The predicted molar refractivity (Wildman–Crippen MR) is 67.9 cm³/mol. The van der Waals surface area contributed by atoms with Crippen molar-refractivity contribution in [1.29, 1.82) is 5.26 Å². The molecule has 84 valence electrons. The summed E-state index contributed by atoms with van der Waals surface area (Å²) in [4.78, 5) is 4.31. The van der Waals surface area contributed by atoms with Crippen molar-refractivity contribution in [3.05, 3.63) is 52.0 Å². The third-order valence-electron chi connectivity index (χ3n) is 3.53. The van der Waals surface area contributed by atoms with Crippen LogP contribution in [0.5, 0.6) is 0 Å². The van der Waals surface area contributed by atoms with Gasteiger partial charge in [-0.2, -0.15) is 5.26 Å². The minimum absolute atomic E-state index is 0.356. The standard InChI is InChI=1S/C14H12N2S/c15-9-14(7-12-8-17-10-16-12)6-5-11-3-1-2-4-13(11)14/h1-4,8,10H,5-7H2. The minimum Gasteiger partial charge on any atom is -0.250 e. The Morgan fingerprint density at radius 1 is 1.41 bits per heavy atom. The lowest BCUT2D eigenvalue weighted by Crippen LogP contribution is -2.24. The summed E-state index contributed by atoms with van der Waals surface area (Å²) in [5.41, 5.74) is 5.04. The maximum atomic E-state index is 9.59. The minimum atomic E-state index is -0.356. The summed E-state index contributed by atoms with van der Waals surface area (Å²) in [7, 11) is 0. The van der Waals surface area contributed by atoms with Crippen LogP contribution in [0.2, 0.25) is 0 Å². The monoisotopic (exact) mass is 240 g/mol. The fourth-order valence-electron chi connectivity index (χ4n) is 2.66. The summed E-state index contributed by atoms with van der Waals surface area (Å²) in [5, 5.41) is 11.6. The number of aryl methyl sites for hydroxylation is 1. The molecule has 1 aromatic carbocycles. The second-order valence-electron chi connectivity index (χ2n) is 4.51. The van der Waals surface area contributed by atoms with E-state index in [1.165, 1.54) is 11.1 Å². The van der Waals surface area contributed by atoms with Gasteiger partial charge in [0.2, 0.25) is 0 Å². The second-order valence-corrected chi connectivity index (χ2v) is 5.23. The lowest BCUT2D eigenvalue weighted by Gasteiger charge is -2.20. The Bertz CT molecular complexity index is 568. The molecular formula is C14H12N2S. The van der Waals surface area contributed by atoms with Gasteiger partial charge in [0.25, 0.3) is 0 Å². The van der Waals surface area contributed by atoms with Crippen molar-refractivity contribution >= 4 is 11.3 Å². The predicted octanol–water partition coefficient (Wildman–Crippen LogP) is 3.09. The van der Waals surface area contributed by atoms with Gasteiger partial charge < -0.3 is 0 Å². The molecule has 0 bridgehead atoms. The molecule has 2 aromatic rings. The van der Waals surface area contributed by atoms with Crippen molar-refractivity contribution in [2.75, 3.05) is 0 Å². The molecule has 0 aliphatic heterocycles. The molecule has 1 aliphatic rings. The van der Waals surface area contributed by atoms with Crippen LogP contribution in [0, 0.1) is 11.3 Å². The fraction of sp³-hybridized carbons (Fsp3) is 0.286. The maximum absolute atomic E-state index is 9.59. The van der Waals surface area contributed by atoms with Crippen molar-refractivity contribution in [3.8, 4) is 6.07 Å². The molecule has 1 aliphatic carbocycles. The fourth-order valence-corrected chi connectivity index (χ4v) is 3.22. The molecule has 1 unspecified atom stereocenters. The summed E-state index contributed by atoms with van der Waals surface area (Å²) in [6, 6.07) is 10.8. The molecule has 0 saturated heterocycles. The third-order valence-corrected chi connectivity index (χ3v) is 4.17. The van der Waals surface area contributed by atoms with E-state index in [0.717, 1.165) is 25.0 Å². The molecule has 17 heavy (non-hydrogen) atoms. The van der Waals surface area contributed by atoms with E-state index in [0.29, 0.717) is 0 Å². The molecule has 0 spiro atoms. The van der Waals surface area contributed by atoms with Gasteiger partial charge in [0.1, 0.15) is 0 Å². The number of hydrogen-bond acceptors (Lipinski definition) is 3. The topological polar surface area (TPSA) is 36.7 Å². The molecule has 3 heteroatoms. The van der Waals surface area contributed by atoms with Crippen LogP contribution in [0.4, 0.5) is 0 Å². The van der Waals surface area contributed by atoms with E-state index < -0.39 is 0 Å². The zero-order valence-corrected chi connectivity index (χ0v) is 10.2. The number of thiazole rings is 1. The first-order chi connectivity index (χ1) is 8.34. The number of nitriles is 1. The van der Waals surface area contributed by atoms with Gasteiger partial charge in [-0.15, -0.1) is 11.3 Å². The molecule has 1 aromatic heterocycles. The molecule has 0 saturated carbocycles. The van der Waals surface area contributed by atoms with Crippen molar-refractivity contribution in [2.24, 2.45) is 0 Å². The molecule has 0 radical (unpaired) electrons. The van der Waals surface area contributed by atoms with Gasteiger partial charge in [-0.05, 0) is 24.0 Å². The lowest BCUT2D eigenvalue weighted by molar-refractivity contribution is 0.535. The van der Waals surface area contributed by atoms with E-state index >= 15 is 0 Å². The lowest BCUT2D eigenvalue weighted by atomic mass is 9.79. The zero-order valence-electron chi connectivity index (χ0n) is 9.39. The van der Waals surface area contributed by atoms with Crippen LogP contribution in [-0.2, 0) is 18.3 Å². The molecular weight excluding hydrogens is 228 g/mol. The van der Waals surface area contributed by atoms with Gasteiger partial charge in [0.15, 0.2) is 0 Å². The Balaban J connectivity index is 2.03. The Morgan fingerprint density at radius 2 is 2.29 bits per heavy atom. The van der Waals surface area contributed by atoms with Gasteiger partial charge in [-0.1, -0.05) is 24.3 Å². The first kappa shape index (κ1) is 10.5. The van der Waals surface area contributed by atoms with Crippen LogP contribution < -0.4 is 0 Å². The average molecular weight is 240 g/mol. The second kappa shape index (κ2) is 3.97. The molecule has 3 rings (SSSR count). The first-order valence-corrected chi connectivity index (χ1v) is 6.65. The number of fused-ring (bicyclic) bond motifs is 1. The largest absolute Gasteiger partial charge is 0.250 e. The Kier molecular flexibility index (Phi) is 2.45. The number of hydrogen-bond donors (Lipinski definition) is 0. The van der Waals surface area contributed by atoms with Gasteiger partial charge >= 0.3 is 0 Å². The van der Waals surface area contributed by atoms with Crippen LogP contribution in [0.3, 0.4) is 0 Å². The van der Waals surface area contributed by atoms with E-state index in [-0.39, 0.29) is 5.41 Å². The Morgan fingerprint density at radius 3 is 3.06 bits per heavy atom. The van der Waals surface area contributed by atoms with E-state index in [1.54, 1.807) is 11.3 Å². The van der Waals surface area contributed by atoms with Crippen molar-refractivity contribution in [3.63, 3.8) is 0 Å². The molecule has 0 amide bonds. The molecule has 0 fully saturated rings. The molecule has 2 nitrogen and oxygen atoms in total. The Labute approximate surface area is 105 Å².